The summed E-state index contributed by atoms with van der Waals surface area (Å²) in [6, 6.07) is 7.79. The van der Waals surface area contributed by atoms with Crippen molar-refractivity contribution in [1.29, 1.82) is 0 Å². The molecule has 0 radical (unpaired) electrons. The van der Waals surface area contributed by atoms with Crippen LogP contribution in [0.4, 0.5) is 0 Å². The monoisotopic (exact) mass is 596 g/mol. The van der Waals surface area contributed by atoms with Gasteiger partial charge in [0, 0.05) is 23.4 Å². The van der Waals surface area contributed by atoms with E-state index in [4.69, 9.17) is 4.99 Å². The second kappa shape index (κ2) is 12.8. The molecule has 0 aliphatic heterocycles. The number of benzene rings is 2. The maximum absolute atomic E-state index is 14.2. The van der Waals surface area contributed by atoms with Crippen LogP contribution in [0, 0.1) is 0 Å². The highest BCUT2D eigenvalue weighted by Gasteiger charge is 2.33. The maximum Gasteiger partial charge on any atom is 0.241 e. The van der Waals surface area contributed by atoms with E-state index >= 15 is 0 Å². The first-order valence-electron chi connectivity index (χ1n) is 15.8. The number of phenolic OH excluding ortho intramolecular Hbond substituents is 1. The van der Waals surface area contributed by atoms with E-state index < -0.39 is 10.0 Å². The number of hydrogen-bond donors (Lipinski definition) is 2. The fourth-order valence-electron chi connectivity index (χ4n) is 5.82. The van der Waals surface area contributed by atoms with Gasteiger partial charge in [-0.3, -0.25) is 4.99 Å². The van der Waals surface area contributed by atoms with Crippen LogP contribution >= 0.6 is 0 Å². The van der Waals surface area contributed by atoms with Crippen LogP contribution in [-0.4, -0.2) is 31.8 Å². The van der Waals surface area contributed by atoms with E-state index in [0.29, 0.717) is 16.4 Å². The van der Waals surface area contributed by atoms with Crippen molar-refractivity contribution in [2.45, 2.75) is 154 Å². The minimum Gasteiger partial charge on any atom is -0.507 e. The summed E-state index contributed by atoms with van der Waals surface area (Å²) in [7, 11) is -3.80. The van der Waals surface area contributed by atoms with Crippen molar-refractivity contribution in [1.82, 2.24) is 4.72 Å². The Labute approximate surface area is 256 Å². The lowest BCUT2D eigenvalue weighted by molar-refractivity contribution is 0.363. The zero-order valence-corrected chi connectivity index (χ0v) is 29.0. The Hall–Kier alpha value is -2.18. The summed E-state index contributed by atoms with van der Waals surface area (Å²) in [5.41, 5.74) is 5.33. The lowest BCUT2D eigenvalue weighted by atomic mass is 9.79. The van der Waals surface area contributed by atoms with E-state index in [1.54, 1.807) is 6.21 Å². The van der Waals surface area contributed by atoms with Gasteiger partial charge in [0.05, 0.1) is 10.9 Å². The van der Waals surface area contributed by atoms with Crippen molar-refractivity contribution in [3.8, 4) is 5.75 Å². The quantitative estimate of drug-likeness (QED) is 0.298. The molecule has 2 N–H and O–H groups in total. The third-order valence-corrected chi connectivity index (χ3v) is 10.2. The average Bonchev–Trinajstić information content (AvgIpc) is 2.86. The van der Waals surface area contributed by atoms with Crippen molar-refractivity contribution in [2.75, 3.05) is 0 Å². The van der Waals surface area contributed by atoms with Crippen molar-refractivity contribution in [3.05, 3.63) is 57.6 Å². The number of hydrogen-bond acceptors (Lipinski definition) is 4. The van der Waals surface area contributed by atoms with E-state index in [0.717, 1.165) is 47.9 Å². The summed E-state index contributed by atoms with van der Waals surface area (Å²) >= 11 is 0. The van der Waals surface area contributed by atoms with Gasteiger partial charge in [-0.05, 0) is 69.7 Å². The number of nitrogens with zero attached hydrogens (tertiary/aromatic N) is 1. The van der Waals surface area contributed by atoms with E-state index in [9.17, 15) is 13.5 Å². The molecule has 1 aliphatic rings. The highest BCUT2D eigenvalue weighted by atomic mass is 32.2. The average molecular weight is 597 g/mol. The number of sulfonamides is 1. The zero-order valence-electron chi connectivity index (χ0n) is 28.2. The molecule has 2 aromatic rings. The Morgan fingerprint density at radius 2 is 1.38 bits per heavy atom. The van der Waals surface area contributed by atoms with Gasteiger partial charge < -0.3 is 5.11 Å². The summed E-state index contributed by atoms with van der Waals surface area (Å²) in [6.45, 7) is 25.4. The molecule has 42 heavy (non-hydrogen) atoms. The third-order valence-electron chi connectivity index (χ3n) is 8.60. The predicted molar refractivity (Wildman–Crippen MR) is 178 cm³/mol. The number of aliphatic imine (C=N–C) groups is 1. The minimum absolute atomic E-state index is 0.0722. The molecule has 0 unspecified atom stereocenters. The molecule has 2 atom stereocenters. The molecule has 6 heteroatoms. The summed E-state index contributed by atoms with van der Waals surface area (Å²) in [6.07, 6.45) is 5.27. The lowest BCUT2D eigenvalue weighted by Gasteiger charge is -2.31. The first-order valence-corrected chi connectivity index (χ1v) is 17.3. The van der Waals surface area contributed by atoms with Crippen molar-refractivity contribution in [2.24, 2.45) is 4.99 Å². The van der Waals surface area contributed by atoms with Gasteiger partial charge in [-0.25, -0.2) is 13.1 Å². The van der Waals surface area contributed by atoms with Crippen molar-refractivity contribution >= 4 is 16.2 Å². The predicted octanol–water partition coefficient (Wildman–Crippen LogP) is 9.07. The van der Waals surface area contributed by atoms with Gasteiger partial charge in [0.2, 0.25) is 10.0 Å². The smallest absolute Gasteiger partial charge is 0.241 e. The second-order valence-corrected chi connectivity index (χ2v) is 17.0. The van der Waals surface area contributed by atoms with Gasteiger partial charge in [-0.2, -0.15) is 0 Å². The molecule has 3 rings (SSSR count). The first kappa shape index (κ1) is 34.3. The van der Waals surface area contributed by atoms with Crippen LogP contribution < -0.4 is 4.72 Å². The molecule has 1 fully saturated rings. The second-order valence-electron chi connectivity index (χ2n) is 15.3. The topological polar surface area (TPSA) is 78.8 Å². The third kappa shape index (κ3) is 7.85. The Morgan fingerprint density at radius 1 is 0.833 bits per heavy atom. The first-order chi connectivity index (χ1) is 19.2. The summed E-state index contributed by atoms with van der Waals surface area (Å²) < 4.78 is 31.5. The van der Waals surface area contributed by atoms with Gasteiger partial charge >= 0.3 is 0 Å². The summed E-state index contributed by atoms with van der Waals surface area (Å²) in [4.78, 5) is 5.40. The van der Waals surface area contributed by atoms with Gasteiger partial charge in [0.15, 0.2) is 0 Å². The Balaban J connectivity index is 2.05. The van der Waals surface area contributed by atoms with Crippen LogP contribution in [0.1, 0.15) is 160 Å². The normalized spacial score (nSPS) is 19.0. The molecule has 0 bridgehead atoms. The molecule has 0 aromatic heterocycles. The molecular weight excluding hydrogens is 540 g/mol. The largest absolute Gasteiger partial charge is 0.507 e. The molecular formula is C36H56N2O3S. The molecule has 1 aliphatic carbocycles. The maximum atomic E-state index is 14.2. The van der Waals surface area contributed by atoms with Crippen LogP contribution in [0.3, 0.4) is 0 Å². The van der Waals surface area contributed by atoms with Crippen LogP contribution in [0.5, 0.6) is 5.75 Å². The minimum atomic E-state index is -3.80. The summed E-state index contributed by atoms with van der Waals surface area (Å²) in [5, 5.41) is 11.3. The Kier molecular flexibility index (Phi) is 10.5. The number of phenols is 1. The van der Waals surface area contributed by atoms with Gasteiger partial charge in [-0.15, -0.1) is 0 Å². The molecule has 0 heterocycles. The van der Waals surface area contributed by atoms with Crippen LogP contribution in [-0.2, 0) is 20.9 Å². The van der Waals surface area contributed by atoms with Crippen LogP contribution in [0.25, 0.3) is 0 Å². The molecule has 0 spiro atoms. The molecule has 234 valence electrons. The fraction of sp³-hybridized carbons (Fsp3) is 0.639. The molecule has 0 saturated heterocycles. The fourth-order valence-corrected chi connectivity index (χ4v) is 7.82. The zero-order chi connectivity index (χ0) is 31.8. The number of rotatable bonds is 8. The Bertz CT molecular complexity index is 1360. The van der Waals surface area contributed by atoms with E-state index in [1.165, 1.54) is 5.56 Å². The highest BCUT2D eigenvalue weighted by Crippen LogP contribution is 2.38. The molecule has 0 amide bonds. The number of aromatic hydroxyl groups is 1. The van der Waals surface area contributed by atoms with Gasteiger partial charge in [0.25, 0.3) is 0 Å². The van der Waals surface area contributed by atoms with Crippen molar-refractivity contribution in [3.63, 3.8) is 0 Å². The van der Waals surface area contributed by atoms with E-state index in [2.05, 4.69) is 106 Å². The lowest BCUT2D eigenvalue weighted by Crippen LogP contribution is -2.44. The highest BCUT2D eigenvalue weighted by molar-refractivity contribution is 7.89. The van der Waals surface area contributed by atoms with E-state index in [-0.39, 0.29) is 40.5 Å². The van der Waals surface area contributed by atoms with Crippen LogP contribution in [0.15, 0.2) is 34.2 Å². The molecule has 2 aromatic carbocycles. The molecule has 1 saturated carbocycles. The van der Waals surface area contributed by atoms with Crippen LogP contribution in [0.2, 0.25) is 0 Å². The summed E-state index contributed by atoms with van der Waals surface area (Å²) in [5.74, 6) is 0.709. The SMILES string of the molecule is CC(C)c1cc(C(C)C)c(S(=O)(=O)N[C@@H]2CCCC[C@H]2N=Cc2cc(C(C)(C)C)cc(C(C)(C)C)c2O)c(C(C)C)c1. The Morgan fingerprint density at radius 3 is 1.86 bits per heavy atom. The van der Waals surface area contributed by atoms with Crippen molar-refractivity contribution < 1.29 is 13.5 Å². The van der Waals surface area contributed by atoms with Gasteiger partial charge in [-0.1, -0.05) is 114 Å². The van der Waals surface area contributed by atoms with E-state index in [1.807, 2.05) is 6.07 Å². The van der Waals surface area contributed by atoms with Gasteiger partial charge in [0.1, 0.15) is 5.75 Å². The number of nitrogens with one attached hydrogen (secondary N) is 1. The molecule has 5 nitrogen and oxygen atoms in total. The standard InChI is InChI=1S/C36H56N2O3S/c1-22(2)25-18-28(23(3)4)34(29(19-25)24(5)6)42(40,41)38-32-16-14-13-15-31(32)37-21-26-17-27(35(7,8)9)20-30(33(26)39)36(10,11)12/h17-24,31-32,38-39H,13-16H2,1-12H3/t31-,32-/m1/s1.